The summed E-state index contributed by atoms with van der Waals surface area (Å²) in [6.07, 6.45) is 5.15. The third-order valence-corrected chi connectivity index (χ3v) is 7.61. The van der Waals surface area contributed by atoms with Crippen LogP contribution in [-0.4, -0.2) is 35.6 Å². The quantitative estimate of drug-likeness (QED) is 0.250. The van der Waals surface area contributed by atoms with Crippen molar-refractivity contribution in [1.29, 1.82) is 5.26 Å². The average Bonchev–Trinajstić information content (AvgIpc) is 3.37. The fourth-order valence-electron chi connectivity index (χ4n) is 4.72. The van der Waals surface area contributed by atoms with Crippen LogP contribution in [0.25, 0.3) is 17.0 Å². The molecule has 0 aliphatic heterocycles. The molecular formula is C28H29N3O5S. The molecule has 0 bridgehead atoms. The van der Waals surface area contributed by atoms with Crippen molar-refractivity contribution in [3.8, 4) is 6.07 Å². The van der Waals surface area contributed by atoms with Crippen molar-refractivity contribution in [3.05, 3.63) is 57.1 Å². The zero-order valence-electron chi connectivity index (χ0n) is 21.2. The number of hydrogen-bond donors (Lipinski definition) is 1. The van der Waals surface area contributed by atoms with Gasteiger partial charge in [-0.1, -0.05) is 18.2 Å². The molecule has 0 radical (unpaired) electrons. The van der Waals surface area contributed by atoms with E-state index >= 15 is 0 Å². The molecule has 8 nitrogen and oxygen atoms in total. The van der Waals surface area contributed by atoms with Gasteiger partial charge in [0.1, 0.15) is 23.2 Å². The minimum absolute atomic E-state index is 0.0196. The third kappa shape index (κ3) is 5.30. The smallest absolute Gasteiger partial charge is 0.341 e. The molecule has 1 aromatic carbocycles. The van der Waals surface area contributed by atoms with E-state index in [2.05, 4.69) is 5.32 Å². The van der Waals surface area contributed by atoms with Crippen LogP contribution in [0.5, 0.6) is 0 Å². The molecule has 0 spiro atoms. The van der Waals surface area contributed by atoms with Crippen LogP contribution < -0.4 is 5.32 Å². The first-order chi connectivity index (χ1) is 17.9. The summed E-state index contributed by atoms with van der Waals surface area (Å²) in [6, 6.07) is 9.50. The Morgan fingerprint density at radius 2 is 1.86 bits per heavy atom. The lowest BCUT2D eigenvalue weighted by molar-refractivity contribution is -0.143. The van der Waals surface area contributed by atoms with E-state index in [0.29, 0.717) is 16.1 Å². The Bertz CT molecular complexity index is 1440. The lowest BCUT2D eigenvalue weighted by atomic mass is 9.95. The van der Waals surface area contributed by atoms with E-state index in [1.165, 1.54) is 17.4 Å². The van der Waals surface area contributed by atoms with E-state index in [4.69, 9.17) is 9.47 Å². The van der Waals surface area contributed by atoms with Gasteiger partial charge in [0, 0.05) is 27.0 Å². The fraction of sp³-hybridized carbons (Fsp3) is 0.357. The molecule has 0 unspecified atom stereocenters. The SMILES string of the molecule is CCOC(=O)Cn1c(C)c(/C=C(\C#N)C(=O)Nc2sc3c(c2C(=O)OCC)CCCC3)c2ccccc21. The van der Waals surface area contributed by atoms with Crippen LogP contribution in [0.4, 0.5) is 5.00 Å². The lowest BCUT2D eigenvalue weighted by Gasteiger charge is -2.12. The number of fused-ring (bicyclic) bond motifs is 2. The Morgan fingerprint density at radius 1 is 1.14 bits per heavy atom. The number of carbonyl (C=O) groups excluding carboxylic acids is 3. The molecular weight excluding hydrogens is 490 g/mol. The second-order valence-electron chi connectivity index (χ2n) is 8.67. The molecule has 0 fully saturated rings. The van der Waals surface area contributed by atoms with Gasteiger partial charge >= 0.3 is 11.9 Å². The average molecular weight is 520 g/mol. The molecule has 192 valence electrons. The molecule has 3 aromatic rings. The van der Waals surface area contributed by atoms with Gasteiger partial charge in [-0.2, -0.15) is 5.26 Å². The Labute approximate surface area is 219 Å². The van der Waals surface area contributed by atoms with Gasteiger partial charge in [0.05, 0.1) is 18.8 Å². The molecule has 0 saturated carbocycles. The number of ether oxygens (including phenoxy) is 2. The van der Waals surface area contributed by atoms with Crippen LogP contribution in [0, 0.1) is 18.3 Å². The zero-order valence-corrected chi connectivity index (χ0v) is 22.0. The van der Waals surface area contributed by atoms with Crippen LogP contribution >= 0.6 is 11.3 Å². The zero-order chi connectivity index (χ0) is 26.5. The number of nitrogens with zero attached hydrogens (tertiary/aromatic N) is 2. The summed E-state index contributed by atoms with van der Waals surface area (Å²) in [5.41, 5.74) is 3.42. The molecule has 1 amide bonds. The van der Waals surface area contributed by atoms with Crippen molar-refractivity contribution < 1.29 is 23.9 Å². The number of carbonyl (C=O) groups is 3. The maximum atomic E-state index is 13.3. The van der Waals surface area contributed by atoms with Crippen LogP contribution in [0.2, 0.25) is 0 Å². The first-order valence-electron chi connectivity index (χ1n) is 12.4. The number of nitriles is 1. The number of para-hydroxylation sites is 1. The molecule has 1 N–H and O–H groups in total. The number of benzene rings is 1. The maximum absolute atomic E-state index is 13.3. The summed E-state index contributed by atoms with van der Waals surface area (Å²) < 4.78 is 12.2. The first-order valence-corrected chi connectivity index (χ1v) is 13.2. The number of thiophene rings is 1. The normalized spacial score (nSPS) is 13.1. The van der Waals surface area contributed by atoms with Gasteiger partial charge in [-0.25, -0.2) is 4.79 Å². The highest BCUT2D eigenvalue weighted by atomic mass is 32.1. The van der Waals surface area contributed by atoms with Gasteiger partial charge in [-0.15, -0.1) is 11.3 Å². The molecule has 37 heavy (non-hydrogen) atoms. The number of aryl methyl sites for hydroxylation is 1. The van der Waals surface area contributed by atoms with Gasteiger partial charge in [0.15, 0.2) is 0 Å². The highest BCUT2D eigenvalue weighted by molar-refractivity contribution is 7.17. The number of nitrogens with one attached hydrogen (secondary N) is 1. The molecule has 0 atom stereocenters. The molecule has 4 rings (SSSR count). The van der Waals surface area contributed by atoms with Gasteiger partial charge in [0.2, 0.25) is 0 Å². The minimum atomic E-state index is -0.603. The van der Waals surface area contributed by atoms with Crippen molar-refractivity contribution >= 4 is 51.2 Å². The van der Waals surface area contributed by atoms with E-state index in [1.54, 1.807) is 13.8 Å². The van der Waals surface area contributed by atoms with E-state index in [-0.39, 0.29) is 31.3 Å². The predicted octanol–water partition coefficient (Wildman–Crippen LogP) is 5.18. The van der Waals surface area contributed by atoms with Gasteiger partial charge in [0.25, 0.3) is 5.91 Å². The molecule has 0 saturated heterocycles. The summed E-state index contributed by atoms with van der Waals surface area (Å²) in [5, 5.41) is 13.9. The van der Waals surface area contributed by atoms with Crippen LogP contribution in [-0.2, 0) is 38.4 Å². The van der Waals surface area contributed by atoms with Crippen LogP contribution in [0.3, 0.4) is 0 Å². The van der Waals surface area contributed by atoms with Crippen molar-refractivity contribution in [2.75, 3.05) is 18.5 Å². The topological polar surface area (TPSA) is 110 Å². The monoisotopic (exact) mass is 519 g/mol. The number of anilines is 1. The summed E-state index contributed by atoms with van der Waals surface area (Å²) in [4.78, 5) is 39.3. The minimum Gasteiger partial charge on any atom is -0.465 e. The Kier molecular flexibility index (Phi) is 8.09. The van der Waals surface area contributed by atoms with Crippen molar-refractivity contribution in [2.24, 2.45) is 0 Å². The maximum Gasteiger partial charge on any atom is 0.341 e. The molecule has 1 aliphatic rings. The molecule has 9 heteroatoms. The summed E-state index contributed by atoms with van der Waals surface area (Å²) >= 11 is 1.38. The number of amides is 1. The standard InChI is InChI=1S/C28H29N3O5S/c1-4-35-24(32)16-31-17(3)21(19-10-6-8-12-22(19)31)14-18(15-29)26(33)30-27-25(28(34)36-5-2)20-11-7-9-13-23(20)37-27/h6,8,10,12,14H,4-5,7,9,11,13,16H2,1-3H3,(H,30,33)/b18-14+. The van der Waals surface area contributed by atoms with E-state index < -0.39 is 11.9 Å². The number of rotatable bonds is 8. The number of hydrogen-bond acceptors (Lipinski definition) is 7. The number of aromatic nitrogens is 1. The first kappa shape index (κ1) is 26.2. The number of esters is 2. The van der Waals surface area contributed by atoms with Crippen LogP contribution in [0.15, 0.2) is 29.8 Å². The van der Waals surface area contributed by atoms with Crippen LogP contribution in [0.1, 0.15) is 58.7 Å². The highest BCUT2D eigenvalue weighted by Gasteiger charge is 2.28. The van der Waals surface area contributed by atoms with Crippen molar-refractivity contribution in [1.82, 2.24) is 4.57 Å². The van der Waals surface area contributed by atoms with E-state index in [0.717, 1.165) is 52.7 Å². The van der Waals surface area contributed by atoms with Gasteiger partial charge < -0.3 is 19.4 Å². The highest BCUT2D eigenvalue weighted by Crippen LogP contribution is 2.39. The summed E-state index contributed by atoms with van der Waals surface area (Å²) in [5.74, 6) is -1.43. The molecule has 2 heterocycles. The second-order valence-corrected chi connectivity index (χ2v) is 9.77. The molecule has 2 aromatic heterocycles. The third-order valence-electron chi connectivity index (χ3n) is 6.40. The summed E-state index contributed by atoms with van der Waals surface area (Å²) in [7, 11) is 0. The van der Waals surface area contributed by atoms with Gasteiger partial charge in [-0.3, -0.25) is 9.59 Å². The summed E-state index contributed by atoms with van der Waals surface area (Å²) in [6.45, 7) is 5.86. The van der Waals surface area contributed by atoms with E-state index in [1.807, 2.05) is 41.8 Å². The Balaban J connectivity index is 1.71. The Morgan fingerprint density at radius 3 is 2.59 bits per heavy atom. The molecule has 1 aliphatic carbocycles. The lowest BCUT2D eigenvalue weighted by Crippen LogP contribution is -2.17. The largest absolute Gasteiger partial charge is 0.465 e. The van der Waals surface area contributed by atoms with Gasteiger partial charge in [-0.05, 0) is 64.2 Å². The predicted molar refractivity (Wildman–Crippen MR) is 142 cm³/mol. The fourth-order valence-corrected chi connectivity index (χ4v) is 5.99. The van der Waals surface area contributed by atoms with E-state index in [9.17, 15) is 19.6 Å². The second kappa shape index (κ2) is 11.4. The van der Waals surface area contributed by atoms with Crippen molar-refractivity contribution in [3.63, 3.8) is 0 Å². The Hall–Kier alpha value is -3.90. The van der Waals surface area contributed by atoms with Crippen molar-refractivity contribution in [2.45, 2.75) is 53.0 Å².